The number of anilines is 2. The molecule has 1 N–H and O–H groups in total. The van der Waals surface area contributed by atoms with E-state index in [2.05, 4.69) is 15.8 Å². The van der Waals surface area contributed by atoms with E-state index in [-0.39, 0.29) is 11.9 Å². The lowest BCUT2D eigenvalue weighted by Gasteiger charge is -2.32. The molecule has 1 saturated heterocycles. The van der Waals surface area contributed by atoms with Crippen LogP contribution in [0.25, 0.3) is 16.8 Å². The Labute approximate surface area is 240 Å². The van der Waals surface area contributed by atoms with Gasteiger partial charge >= 0.3 is 12.1 Å². The fourth-order valence-electron chi connectivity index (χ4n) is 5.11. The lowest BCUT2D eigenvalue weighted by Crippen LogP contribution is -2.42. The Hall–Kier alpha value is -4.53. The van der Waals surface area contributed by atoms with E-state index in [1.165, 1.54) is 4.90 Å². The van der Waals surface area contributed by atoms with Crippen LogP contribution in [-0.2, 0) is 4.74 Å². The van der Waals surface area contributed by atoms with Crippen LogP contribution in [0.4, 0.5) is 21.0 Å². The molecule has 0 unspecified atom stereocenters. The lowest BCUT2D eigenvalue weighted by atomic mass is 9.97. The largest absolute Gasteiger partial charge is 0.497 e. The molecule has 1 atom stereocenters. The average Bonchev–Trinajstić information content (AvgIpc) is 3.36. The summed E-state index contributed by atoms with van der Waals surface area (Å²) < 4.78 is 13.0. The summed E-state index contributed by atoms with van der Waals surface area (Å²) in [5, 5.41) is 3.01. The number of ether oxygens (including phenoxy) is 2. The average molecular weight is 556 g/mol. The second-order valence-corrected chi connectivity index (χ2v) is 11.3. The van der Waals surface area contributed by atoms with Gasteiger partial charge in [0.05, 0.1) is 18.3 Å². The number of pyridine rings is 1. The number of imidazole rings is 1. The predicted molar refractivity (Wildman–Crippen MR) is 161 cm³/mol. The molecule has 9 nitrogen and oxygen atoms in total. The van der Waals surface area contributed by atoms with Crippen molar-refractivity contribution in [3.8, 4) is 17.0 Å². The molecule has 1 aliphatic heterocycles. The summed E-state index contributed by atoms with van der Waals surface area (Å²) in [5.41, 5.74) is 3.67. The second-order valence-electron chi connectivity index (χ2n) is 11.3. The summed E-state index contributed by atoms with van der Waals surface area (Å²) in [7, 11) is 3.32. The first-order valence-electron chi connectivity index (χ1n) is 13.9. The molecule has 41 heavy (non-hydrogen) atoms. The van der Waals surface area contributed by atoms with Crippen LogP contribution in [0.2, 0.25) is 0 Å². The van der Waals surface area contributed by atoms with Crippen LogP contribution >= 0.6 is 0 Å². The number of urea groups is 1. The van der Waals surface area contributed by atoms with Gasteiger partial charge in [-0.05, 0) is 82.1 Å². The van der Waals surface area contributed by atoms with E-state index in [1.807, 2.05) is 68.3 Å². The van der Waals surface area contributed by atoms with Gasteiger partial charge in [0.1, 0.15) is 17.2 Å². The molecule has 0 radical (unpaired) electrons. The number of methoxy groups -OCH3 is 1. The van der Waals surface area contributed by atoms with Gasteiger partial charge in [0.15, 0.2) is 0 Å². The summed E-state index contributed by atoms with van der Waals surface area (Å²) in [5.74, 6) is 1.82. The van der Waals surface area contributed by atoms with Crippen molar-refractivity contribution < 1.29 is 19.1 Å². The normalized spacial score (nSPS) is 15.4. The van der Waals surface area contributed by atoms with Crippen molar-refractivity contribution in [1.29, 1.82) is 0 Å². The van der Waals surface area contributed by atoms with Crippen LogP contribution in [0.1, 0.15) is 45.4 Å². The van der Waals surface area contributed by atoms with Crippen LogP contribution in [0, 0.1) is 0 Å². The summed E-state index contributed by atoms with van der Waals surface area (Å²) in [4.78, 5) is 34.1. The highest BCUT2D eigenvalue weighted by Gasteiger charge is 2.29. The quantitative estimate of drug-likeness (QED) is 0.293. The predicted octanol–water partition coefficient (Wildman–Crippen LogP) is 6.79. The highest BCUT2D eigenvalue weighted by molar-refractivity contribution is 5.91. The zero-order valence-electron chi connectivity index (χ0n) is 24.3. The molecule has 1 fully saturated rings. The minimum absolute atomic E-state index is 0.0913. The van der Waals surface area contributed by atoms with Crippen molar-refractivity contribution >= 4 is 29.0 Å². The zero-order chi connectivity index (χ0) is 29.1. The molecule has 3 heterocycles. The number of likely N-dealkylation sites (tertiary alicyclic amines) is 1. The Morgan fingerprint density at radius 1 is 1.05 bits per heavy atom. The second kappa shape index (κ2) is 11.5. The first kappa shape index (κ1) is 28.0. The molecule has 214 valence electrons. The van der Waals surface area contributed by atoms with Gasteiger partial charge in [-0.2, -0.15) is 0 Å². The van der Waals surface area contributed by atoms with Crippen LogP contribution in [0.15, 0.2) is 72.9 Å². The smallest absolute Gasteiger partial charge is 0.414 e. The summed E-state index contributed by atoms with van der Waals surface area (Å²) in [6.07, 6.45) is 3.43. The molecule has 0 bridgehead atoms. The molecule has 3 amide bonds. The number of amides is 3. The van der Waals surface area contributed by atoms with E-state index >= 15 is 0 Å². The van der Waals surface area contributed by atoms with Crippen LogP contribution in [0.3, 0.4) is 0 Å². The molecule has 2 aromatic carbocycles. The van der Waals surface area contributed by atoms with Crippen molar-refractivity contribution in [2.24, 2.45) is 0 Å². The Balaban J connectivity index is 1.30. The topological polar surface area (TPSA) is 88.4 Å². The number of benzene rings is 2. The van der Waals surface area contributed by atoms with E-state index in [4.69, 9.17) is 14.5 Å². The maximum atomic E-state index is 13.3. The lowest BCUT2D eigenvalue weighted by molar-refractivity contribution is 0.0589. The Morgan fingerprint density at radius 3 is 2.56 bits per heavy atom. The molecular formula is C32H37N5O4. The Morgan fingerprint density at radius 2 is 1.83 bits per heavy atom. The van der Waals surface area contributed by atoms with Gasteiger partial charge in [-0.1, -0.05) is 18.2 Å². The highest BCUT2D eigenvalue weighted by atomic mass is 16.6. The molecular weight excluding hydrogens is 518 g/mol. The molecule has 5 rings (SSSR count). The van der Waals surface area contributed by atoms with Crippen molar-refractivity contribution in [2.75, 3.05) is 37.5 Å². The van der Waals surface area contributed by atoms with Gasteiger partial charge in [-0.3, -0.25) is 4.90 Å². The molecule has 0 saturated carbocycles. The van der Waals surface area contributed by atoms with Gasteiger partial charge in [0.2, 0.25) is 0 Å². The minimum Gasteiger partial charge on any atom is -0.497 e. The van der Waals surface area contributed by atoms with Crippen molar-refractivity contribution in [3.05, 3.63) is 78.8 Å². The summed E-state index contributed by atoms with van der Waals surface area (Å²) in [6, 6.07) is 21.0. The highest BCUT2D eigenvalue weighted by Crippen LogP contribution is 2.33. The number of rotatable bonds is 5. The van der Waals surface area contributed by atoms with Gasteiger partial charge in [0, 0.05) is 49.2 Å². The fourth-order valence-corrected chi connectivity index (χ4v) is 5.11. The number of piperidine rings is 1. The number of carbonyl (C=O) groups is 2. The fraction of sp³-hybridized carbons (Fsp3) is 0.344. The minimum atomic E-state index is -0.578. The molecule has 9 heteroatoms. The number of hydrogen-bond acceptors (Lipinski definition) is 5. The third-order valence-corrected chi connectivity index (χ3v) is 7.17. The monoisotopic (exact) mass is 555 g/mol. The number of nitrogens with one attached hydrogen (secondary N) is 1. The van der Waals surface area contributed by atoms with Gasteiger partial charge in [0.25, 0.3) is 0 Å². The number of nitrogens with zero attached hydrogens (tertiary/aromatic N) is 4. The van der Waals surface area contributed by atoms with Gasteiger partial charge in [-0.25, -0.2) is 14.6 Å². The number of aromatic nitrogens is 2. The third-order valence-electron chi connectivity index (χ3n) is 7.17. The molecule has 1 aliphatic rings. The van der Waals surface area contributed by atoms with Crippen molar-refractivity contribution in [3.63, 3.8) is 0 Å². The number of fused-ring (bicyclic) bond motifs is 1. The molecule has 4 aromatic rings. The molecule has 2 aromatic heterocycles. The Bertz CT molecular complexity index is 1540. The van der Waals surface area contributed by atoms with Crippen LogP contribution in [0.5, 0.6) is 5.75 Å². The number of hydrogen-bond donors (Lipinski definition) is 1. The third kappa shape index (κ3) is 6.29. The van der Waals surface area contributed by atoms with Gasteiger partial charge in [-0.15, -0.1) is 0 Å². The standard InChI is InChI=1S/C32H37N5O4/c1-32(2,3)41-31(39)35(4)25-16-14-24(15-17-25)33-30(38)36-18-9-11-23(21-36)29-34-28(27-13-6-7-19-37(27)29)22-10-8-12-26(20-22)40-5/h6-8,10,12-17,19-20,23H,9,11,18,21H2,1-5H3,(H,33,38)/t23-/m1/s1. The summed E-state index contributed by atoms with van der Waals surface area (Å²) in [6.45, 7) is 6.73. The van der Waals surface area contributed by atoms with E-state index in [1.54, 1.807) is 38.4 Å². The maximum absolute atomic E-state index is 13.3. The van der Waals surface area contributed by atoms with Crippen molar-refractivity contribution in [1.82, 2.24) is 14.3 Å². The van der Waals surface area contributed by atoms with Gasteiger partial charge < -0.3 is 24.1 Å². The van der Waals surface area contributed by atoms with E-state index in [0.29, 0.717) is 24.5 Å². The summed E-state index contributed by atoms with van der Waals surface area (Å²) >= 11 is 0. The van der Waals surface area contributed by atoms with E-state index < -0.39 is 11.7 Å². The first-order valence-corrected chi connectivity index (χ1v) is 13.9. The van der Waals surface area contributed by atoms with Crippen LogP contribution in [-0.4, -0.2) is 59.3 Å². The number of carbonyl (C=O) groups excluding carboxylic acids is 2. The first-order chi connectivity index (χ1) is 19.6. The molecule has 0 spiro atoms. The Kier molecular flexibility index (Phi) is 7.88. The van der Waals surface area contributed by atoms with Crippen LogP contribution < -0.4 is 15.0 Å². The van der Waals surface area contributed by atoms with E-state index in [0.717, 1.165) is 41.2 Å². The van der Waals surface area contributed by atoms with Crippen molar-refractivity contribution in [2.45, 2.75) is 45.1 Å². The molecule has 0 aliphatic carbocycles. The zero-order valence-corrected chi connectivity index (χ0v) is 24.3. The maximum Gasteiger partial charge on any atom is 0.414 e. The van der Waals surface area contributed by atoms with E-state index in [9.17, 15) is 9.59 Å². The SMILES string of the molecule is COc1cccc(-c2nc([C@@H]3CCCN(C(=O)Nc4ccc(N(C)C(=O)OC(C)(C)C)cc4)C3)n3ccccc23)c1.